The fraction of sp³-hybridized carbons (Fsp3) is 0.714. The molecule has 2 rings (SSSR count). The zero-order valence-corrected chi connectivity index (χ0v) is 12.1. The fourth-order valence-electron chi connectivity index (χ4n) is 2.57. The maximum atomic E-state index is 12.2. The van der Waals surface area contributed by atoms with E-state index in [1.165, 1.54) is 6.08 Å². The molecule has 0 spiro atoms. The summed E-state index contributed by atoms with van der Waals surface area (Å²) in [5.41, 5.74) is 0.344. The topological polar surface area (TPSA) is 55.8 Å². The van der Waals surface area contributed by atoms with E-state index in [-0.39, 0.29) is 30.1 Å². The summed E-state index contributed by atoms with van der Waals surface area (Å²) < 4.78 is 10.7. The van der Waals surface area contributed by atoms with Gasteiger partial charge in [-0.2, -0.15) is 0 Å². The van der Waals surface area contributed by atoms with Gasteiger partial charge in [0.2, 0.25) is 0 Å². The molecule has 5 nitrogen and oxygen atoms in total. The van der Waals surface area contributed by atoms with Crippen LogP contribution < -0.4 is 0 Å². The Hall–Kier alpha value is -1.52. The molecule has 0 bridgehead atoms. The molecule has 106 valence electrons. The van der Waals surface area contributed by atoms with Crippen LogP contribution in [-0.2, 0) is 14.3 Å². The summed E-state index contributed by atoms with van der Waals surface area (Å²) in [6.07, 6.45) is 0.835. The molecule has 0 unspecified atom stereocenters. The molecule has 0 aromatic carbocycles. The van der Waals surface area contributed by atoms with E-state index in [2.05, 4.69) is 0 Å². The molecule has 2 aliphatic heterocycles. The first kappa shape index (κ1) is 13.9. The molecule has 0 saturated carbocycles. The third-order valence-electron chi connectivity index (χ3n) is 3.25. The van der Waals surface area contributed by atoms with Crippen LogP contribution in [0.1, 0.15) is 34.6 Å². The van der Waals surface area contributed by atoms with Gasteiger partial charge in [0.15, 0.2) is 0 Å². The van der Waals surface area contributed by atoms with Gasteiger partial charge in [0.25, 0.3) is 0 Å². The van der Waals surface area contributed by atoms with Crippen molar-refractivity contribution >= 4 is 12.1 Å². The van der Waals surface area contributed by atoms with Crippen molar-refractivity contribution in [1.29, 1.82) is 0 Å². The Bertz CT molecular complexity index is 433. The Morgan fingerprint density at radius 3 is 2.63 bits per heavy atom. The molecule has 2 heterocycles. The van der Waals surface area contributed by atoms with Gasteiger partial charge in [0, 0.05) is 12.6 Å². The molecule has 19 heavy (non-hydrogen) atoms. The van der Waals surface area contributed by atoms with E-state index in [0.29, 0.717) is 6.54 Å². The zero-order chi connectivity index (χ0) is 14.4. The number of esters is 1. The van der Waals surface area contributed by atoms with Gasteiger partial charge in [0.1, 0.15) is 11.7 Å². The smallest absolute Gasteiger partial charge is 0.410 e. The molecule has 2 aliphatic rings. The maximum Gasteiger partial charge on any atom is 0.410 e. The molecule has 5 heteroatoms. The van der Waals surface area contributed by atoms with Crippen molar-refractivity contribution in [2.75, 3.05) is 6.54 Å². The van der Waals surface area contributed by atoms with Gasteiger partial charge >= 0.3 is 12.1 Å². The minimum absolute atomic E-state index is 0.146. The van der Waals surface area contributed by atoms with Crippen LogP contribution in [0.3, 0.4) is 0 Å². The second kappa shape index (κ2) is 4.54. The lowest BCUT2D eigenvalue weighted by Gasteiger charge is -2.31. The Labute approximate surface area is 113 Å². The molecule has 0 aliphatic carbocycles. The number of carbonyl (C=O) groups is 2. The van der Waals surface area contributed by atoms with Crippen LogP contribution in [0.2, 0.25) is 0 Å². The minimum Gasteiger partial charge on any atom is -0.452 e. The van der Waals surface area contributed by atoms with Crippen LogP contribution in [-0.4, -0.2) is 41.3 Å². The van der Waals surface area contributed by atoms with E-state index >= 15 is 0 Å². The summed E-state index contributed by atoms with van der Waals surface area (Å²) in [7, 11) is 0. The summed E-state index contributed by atoms with van der Waals surface area (Å²) in [4.78, 5) is 25.2. The summed E-state index contributed by atoms with van der Waals surface area (Å²) in [5.74, 6) is -0.121. The monoisotopic (exact) mass is 267 g/mol. The Morgan fingerprint density at radius 1 is 1.47 bits per heavy atom. The maximum absolute atomic E-state index is 12.2. The quantitative estimate of drug-likeness (QED) is 0.683. The van der Waals surface area contributed by atoms with Crippen molar-refractivity contribution in [2.24, 2.45) is 5.92 Å². The van der Waals surface area contributed by atoms with Crippen molar-refractivity contribution < 1.29 is 19.1 Å². The highest BCUT2D eigenvalue weighted by atomic mass is 16.6. The average molecular weight is 267 g/mol. The van der Waals surface area contributed by atoms with E-state index in [4.69, 9.17) is 9.47 Å². The Morgan fingerprint density at radius 2 is 2.11 bits per heavy atom. The van der Waals surface area contributed by atoms with E-state index in [1.54, 1.807) is 4.90 Å². The number of ether oxygens (including phenoxy) is 2. The van der Waals surface area contributed by atoms with Gasteiger partial charge in [-0.1, -0.05) is 13.8 Å². The van der Waals surface area contributed by atoms with Gasteiger partial charge in [0.05, 0.1) is 6.04 Å². The van der Waals surface area contributed by atoms with Gasteiger partial charge in [-0.15, -0.1) is 0 Å². The standard InChI is InChI=1S/C14H21NO4/c1-8(2)11-12-9(6-10(16)18-12)7-15(11)13(17)19-14(3,4)5/h6,8,11-12H,7H2,1-5H3/t11-,12+/m0/s1. The highest BCUT2D eigenvalue weighted by Gasteiger charge is 2.48. The number of fused-ring (bicyclic) bond motifs is 1. The van der Waals surface area contributed by atoms with E-state index in [1.807, 2.05) is 34.6 Å². The first-order chi connectivity index (χ1) is 8.69. The molecule has 2 atom stereocenters. The van der Waals surface area contributed by atoms with E-state index in [9.17, 15) is 9.59 Å². The number of likely N-dealkylation sites (tertiary alicyclic amines) is 1. The van der Waals surface area contributed by atoms with E-state index < -0.39 is 5.60 Å². The summed E-state index contributed by atoms with van der Waals surface area (Å²) in [6, 6.07) is -0.146. The van der Waals surface area contributed by atoms with Crippen LogP contribution in [0.5, 0.6) is 0 Å². The normalized spacial score (nSPS) is 26.3. The van der Waals surface area contributed by atoms with Gasteiger partial charge in [-0.3, -0.25) is 4.90 Å². The lowest BCUT2D eigenvalue weighted by atomic mass is 9.98. The molecule has 0 radical (unpaired) electrons. The van der Waals surface area contributed by atoms with Crippen molar-refractivity contribution in [3.05, 3.63) is 11.6 Å². The summed E-state index contributed by atoms with van der Waals surface area (Å²) >= 11 is 0. The highest BCUT2D eigenvalue weighted by molar-refractivity contribution is 5.87. The molecular weight excluding hydrogens is 246 g/mol. The molecule has 0 aromatic rings. The highest BCUT2D eigenvalue weighted by Crippen LogP contribution is 2.35. The lowest BCUT2D eigenvalue weighted by Crippen LogP contribution is -2.46. The number of hydrogen-bond donors (Lipinski definition) is 0. The fourth-order valence-corrected chi connectivity index (χ4v) is 2.57. The van der Waals surface area contributed by atoms with E-state index in [0.717, 1.165) is 5.57 Å². The molecule has 0 aromatic heterocycles. The second-order valence-corrected chi connectivity index (χ2v) is 6.42. The zero-order valence-electron chi connectivity index (χ0n) is 12.1. The first-order valence-corrected chi connectivity index (χ1v) is 6.60. The number of hydrogen-bond acceptors (Lipinski definition) is 4. The van der Waals surface area contributed by atoms with Gasteiger partial charge < -0.3 is 9.47 Å². The van der Waals surface area contributed by atoms with Crippen LogP contribution in [0.25, 0.3) is 0 Å². The Kier molecular flexibility index (Phi) is 3.32. The van der Waals surface area contributed by atoms with Crippen molar-refractivity contribution in [3.63, 3.8) is 0 Å². The molecular formula is C14H21NO4. The minimum atomic E-state index is -0.526. The second-order valence-electron chi connectivity index (χ2n) is 6.42. The van der Waals surface area contributed by atoms with Gasteiger partial charge in [-0.25, -0.2) is 9.59 Å². The number of nitrogens with zero attached hydrogens (tertiary/aromatic N) is 1. The first-order valence-electron chi connectivity index (χ1n) is 6.60. The predicted octanol–water partition coefficient (Wildman–Crippen LogP) is 2.11. The number of rotatable bonds is 1. The third kappa shape index (κ3) is 2.74. The lowest BCUT2D eigenvalue weighted by molar-refractivity contribution is -0.140. The van der Waals surface area contributed by atoms with Crippen molar-refractivity contribution in [3.8, 4) is 0 Å². The molecule has 1 amide bonds. The van der Waals surface area contributed by atoms with Crippen LogP contribution in [0.4, 0.5) is 4.79 Å². The largest absolute Gasteiger partial charge is 0.452 e. The summed E-state index contributed by atoms with van der Waals surface area (Å²) in [5, 5.41) is 0. The number of amides is 1. The predicted molar refractivity (Wildman–Crippen MR) is 69.5 cm³/mol. The van der Waals surface area contributed by atoms with Crippen LogP contribution in [0, 0.1) is 5.92 Å². The number of carbonyl (C=O) groups excluding carboxylic acids is 2. The average Bonchev–Trinajstić information content (AvgIpc) is 2.69. The molecule has 1 fully saturated rings. The summed E-state index contributed by atoms with van der Waals surface area (Å²) in [6.45, 7) is 9.95. The van der Waals surface area contributed by atoms with Crippen LogP contribution in [0.15, 0.2) is 11.6 Å². The molecule has 0 N–H and O–H groups in total. The van der Waals surface area contributed by atoms with Crippen LogP contribution >= 0.6 is 0 Å². The Balaban J connectivity index is 2.19. The third-order valence-corrected chi connectivity index (χ3v) is 3.25. The SMILES string of the molecule is CC(C)[C@H]1[C@@H]2OC(=O)C=C2CN1C(=O)OC(C)(C)C. The van der Waals surface area contributed by atoms with Gasteiger partial charge in [-0.05, 0) is 32.3 Å². The van der Waals surface area contributed by atoms with Crippen molar-refractivity contribution in [1.82, 2.24) is 4.90 Å². The molecule has 1 saturated heterocycles. The van der Waals surface area contributed by atoms with Crippen molar-refractivity contribution in [2.45, 2.75) is 52.4 Å².